The highest BCUT2D eigenvalue weighted by atomic mass is 16.5. The van der Waals surface area contributed by atoms with Crippen LogP contribution in [0.15, 0.2) is 22.7 Å². The average molecular weight is 247 g/mol. The molecule has 0 aliphatic rings. The number of aromatic hydroxyl groups is 1. The number of carbonyl (C=O) groups excluding carboxylic acids is 1. The minimum absolute atomic E-state index is 0.0938. The first-order chi connectivity index (χ1) is 8.58. The molecule has 1 heterocycles. The molecule has 0 unspecified atom stereocenters. The van der Waals surface area contributed by atoms with E-state index < -0.39 is 0 Å². The minimum atomic E-state index is -0.292. The second-order valence-electron chi connectivity index (χ2n) is 3.87. The number of nitrogens with zero attached hydrogens (tertiary/aromatic N) is 2. The molecule has 0 aliphatic heterocycles. The Morgan fingerprint density at radius 2 is 2.22 bits per heavy atom. The number of carbonyl (C=O) groups is 1. The molecule has 0 aliphatic carbocycles. The Morgan fingerprint density at radius 3 is 2.89 bits per heavy atom. The maximum absolute atomic E-state index is 11.9. The Morgan fingerprint density at radius 1 is 1.44 bits per heavy atom. The van der Waals surface area contributed by atoms with E-state index in [2.05, 4.69) is 15.5 Å². The van der Waals surface area contributed by atoms with E-state index in [-0.39, 0.29) is 18.2 Å². The van der Waals surface area contributed by atoms with E-state index in [0.717, 1.165) is 0 Å². The summed E-state index contributed by atoms with van der Waals surface area (Å²) in [4.78, 5) is 15.9. The van der Waals surface area contributed by atoms with Crippen LogP contribution in [-0.4, -0.2) is 21.2 Å². The number of aryl methyl sites for hydroxylation is 1. The quantitative estimate of drug-likeness (QED) is 0.854. The second-order valence-corrected chi connectivity index (χ2v) is 3.87. The van der Waals surface area contributed by atoms with Gasteiger partial charge in [-0.1, -0.05) is 11.2 Å². The van der Waals surface area contributed by atoms with Crippen molar-refractivity contribution in [2.24, 2.45) is 0 Å². The van der Waals surface area contributed by atoms with Gasteiger partial charge in [0.25, 0.3) is 5.91 Å². The Balaban J connectivity index is 2.06. The van der Waals surface area contributed by atoms with Gasteiger partial charge in [0, 0.05) is 11.1 Å². The van der Waals surface area contributed by atoms with Crippen molar-refractivity contribution in [2.75, 3.05) is 0 Å². The molecule has 94 valence electrons. The van der Waals surface area contributed by atoms with Gasteiger partial charge in [0.2, 0.25) is 5.89 Å². The second kappa shape index (κ2) is 4.87. The van der Waals surface area contributed by atoms with Crippen LogP contribution in [0.25, 0.3) is 0 Å². The third kappa shape index (κ3) is 2.48. The fourth-order valence-electron chi connectivity index (χ4n) is 1.53. The lowest BCUT2D eigenvalue weighted by Crippen LogP contribution is -2.23. The van der Waals surface area contributed by atoms with E-state index in [1.165, 1.54) is 6.07 Å². The molecule has 0 bridgehead atoms. The third-order valence-electron chi connectivity index (χ3n) is 2.52. The zero-order chi connectivity index (χ0) is 13.1. The van der Waals surface area contributed by atoms with Gasteiger partial charge < -0.3 is 14.9 Å². The van der Waals surface area contributed by atoms with Crippen LogP contribution in [0.5, 0.6) is 5.75 Å². The van der Waals surface area contributed by atoms with Gasteiger partial charge in [0.05, 0.1) is 6.54 Å². The molecule has 0 fully saturated rings. The molecule has 2 aromatic rings. The fourth-order valence-corrected chi connectivity index (χ4v) is 1.53. The zero-order valence-electron chi connectivity index (χ0n) is 10.1. The predicted molar refractivity (Wildman–Crippen MR) is 63.0 cm³/mol. The molecular formula is C12H13N3O3. The largest absolute Gasteiger partial charge is 0.508 e. The molecule has 6 heteroatoms. The monoisotopic (exact) mass is 247 g/mol. The smallest absolute Gasteiger partial charge is 0.252 e. The van der Waals surface area contributed by atoms with E-state index in [4.69, 9.17) is 4.52 Å². The Bertz CT molecular complexity index is 578. The van der Waals surface area contributed by atoms with Crippen LogP contribution in [0.1, 0.15) is 27.6 Å². The van der Waals surface area contributed by atoms with Crippen molar-refractivity contribution >= 4 is 5.91 Å². The molecule has 2 N–H and O–H groups in total. The summed E-state index contributed by atoms with van der Waals surface area (Å²) < 4.78 is 4.88. The molecule has 0 radical (unpaired) electrons. The lowest BCUT2D eigenvalue weighted by molar-refractivity contribution is 0.0945. The first kappa shape index (κ1) is 12.1. The summed E-state index contributed by atoms with van der Waals surface area (Å²) in [6.45, 7) is 3.55. The van der Waals surface area contributed by atoms with Gasteiger partial charge in [-0.05, 0) is 26.0 Å². The highest BCUT2D eigenvalue weighted by molar-refractivity contribution is 5.96. The number of hydrogen-bond acceptors (Lipinski definition) is 5. The van der Waals surface area contributed by atoms with Crippen LogP contribution in [-0.2, 0) is 6.54 Å². The van der Waals surface area contributed by atoms with E-state index in [9.17, 15) is 9.90 Å². The Kier molecular flexibility index (Phi) is 3.27. The standard InChI is InChI=1S/C12H13N3O3/c1-7-9(4-3-5-10(7)16)12(17)13-6-11-14-8(2)15-18-11/h3-5,16H,6H2,1-2H3,(H,13,17). The Labute approximate surface area is 104 Å². The first-order valence-electron chi connectivity index (χ1n) is 5.44. The summed E-state index contributed by atoms with van der Waals surface area (Å²) in [6.07, 6.45) is 0. The number of nitrogens with one attached hydrogen (secondary N) is 1. The summed E-state index contributed by atoms with van der Waals surface area (Å²) >= 11 is 0. The molecule has 2 rings (SSSR count). The Hall–Kier alpha value is -2.37. The summed E-state index contributed by atoms with van der Waals surface area (Å²) in [6, 6.07) is 4.80. The van der Waals surface area contributed by atoms with Crippen molar-refractivity contribution < 1.29 is 14.4 Å². The number of hydrogen-bond donors (Lipinski definition) is 2. The van der Waals surface area contributed by atoms with Gasteiger partial charge in [0.1, 0.15) is 5.75 Å². The predicted octanol–water partition coefficient (Wildman–Crippen LogP) is 1.32. The van der Waals surface area contributed by atoms with Crippen LogP contribution in [0.3, 0.4) is 0 Å². The number of phenolic OH excluding ortho intramolecular Hbond substituents is 1. The van der Waals surface area contributed by atoms with Crippen molar-refractivity contribution in [2.45, 2.75) is 20.4 Å². The van der Waals surface area contributed by atoms with E-state index in [0.29, 0.717) is 22.8 Å². The summed E-state index contributed by atoms with van der Waals surface area (Å²) in [5, 5.41) is 15.8. The summed E-state index contributed by atoms with van der Waals surface area (Å²) in [5.41, 5.74) is 0.961. The van der Waals surface area contributed by atoms with Gasteiger partial charge in [-0.15, -0.1) is 0 Å². The molecule has 18 heavy (non-hydrogen) atoms. The van der Waals surface area contributed by atoms with Crippen molar-refractivity contribution in [3.05, 3.63) is 41.0 Å². The molecule has 1 amide bonds. The van der Waals surface area contributed by atoms with Crippen LogP contribution in [0.2, 0.25) is 0 Å². The zero-order valence-corrected chi connectivity index (χ0v) is 10.1. The molecule has 6 nitrogen and oxygen atoms in total. The lowest BCUT2D eigenvalue weighted by Gasteiger charge is -2.06. The highest BCUT2D eigenvalue weighted by Gasteiger charge is 2.12. The maximum atomic E-state index is 11.9. The number of benzene rings is 1. The summed E-state index contributed by atoms with van der Waals surface area (Å²) in [7, 11) is 0. The van der Waals surface area contributed by atoms with Crippen molar-refractivity contribution in [3.63, 3.8) is 0 Å². The van der Waals surface area contributed by atoms with Crippen LogP contribution in [0.4, 0.5) is 0 Å². The normalized spacial score (nSPS) is 10.3. The van der Waals surface area contributed by atoms with Crippen LogP contribution in [0, 0.1) is 13.8 Å². The van der Waals surface area contributed by atoms with Gasteiger partial charge in [0.15, 0.2) is 5.82 Å². The first-order valence-corrected chi connectivity index (χ1v) is 5.44. The van der Waals surface area contributed by atoms with Gasteiger partial charge in [-0.2, -0.15) is 4.98 Å². The lowest BCUT2D eigenvalue weighted by atomic mass is 10.1. The van der Waals surface area contributed by atoms with Gasteiger partial charge >= 0.3 is 0 Å². The molecule has 1 aromatic carbocycles. The van der Waals surface area contributed by atoms with E-state index in [1.807, 2.05) is 0 Å². The van der Waals surface area contributed by atoms with Crippen molar-refractivity contribution in [1.82, 2.24) is 15.5 Å². The molecular weight excluding hydrogens is 234 g/mol. The van der Waals surface area contributed by atoms with Gasteiger partial charge in [-0.25, -0.2) is 0 Å². The SMILES string of the molecule is Cc1noc(CNC(=O)c2cccc(O)c2C)n1. The minimum Gasteiger partial charge on any atom is -0.508 e. The topological polar surface area (TPSA) is 88.2 Å². The molecule has 0 spiro atoms. The van der Waals surface area contributed by atoms with E-state index in [1.54, 1.807) is 26.0 Å². The number of amides is 1. The van der Waals surface area contributed by atoms with Crippen LogP contribution < -0.4 is 5.32 Å². The number of aromatic nitrogens is 2. The number of rotatable bonds is 3. The molecule has 0 atom stereocenters. The van der Waals surface area contributed by atoms with E-state index >= 15 is 0 Å². The summed E-state index contributed by atoms with van der Waals surface area (Å²) in [5.74, 6) is 0.668. The highest BCUT2D eigenvalue weighted by Crippen LogP contribution is 2.19. The average Bonchev–Trinajstić information content (AvgIpc) is 2.76. The van der Waals surface area contributed by atoms with Crippen molar-refractivity contribution in [1.29, 1.82) is 0 Å². The van der Waals surface area contributed by atoms with Crippen molar-refractivity contribution in [3.8, 4) is 5.75 Å². The fraction of sp³-hybridized carbons (Fsp3) is 0.250. The molecule has 0 saturated heterocycles. The number of phenols is 1. The third-order valence-corrected chi connectivity index (χ3v) is 2.52. The molecule has 1 aromatic heterocycles. The maximum Gasteiger partial charge on any atom is 0.252 e. The van der Waals surface area contributed by atoms with Crippen LogP contribution >= 0.6 is 0 Å². The molecule has 0 saturated carbocycles. The van der Waals surface area contributed by atoms with Gasteiger partial charge in [-0.3, -0.25) is 4.79 Å².